The molecule has 7 heteroatoms. The van der Waals surface area contributed by atoms with E-state index in [0.717, 1.165) is 6.42 Å². The molecule has 16 heavy (non-hydrogen) atoms. The van der Waals surface area contributed by atoms with Gasteiger partial charge in [0.15, 0.2) is 0 Å². The summed E-state index contributed by atoms with van der Waals surface area (Å²) in [5, 5.41) is -0.130. The highest BCUT2D eigenvalue weighted by molar-refractivity contribution is 6.53. The predicted octanol–water partition coefficient (Wildman–Crippen LogP) is 5.70. The Morgan fingerprint density at radius 1 is 1.19 bits per heavy atom. The average Bonchev–Trinajstić information content (AvgIpc) is 2.30. The summed E-state index contributed by atoms with van der Waals surface area (Å²) in [7, 11) is 0. The van der Waals surface area contributed by atoms with Gasteiger partial charge in [-0.25, -0.2) is 0 Å². The summed E-state index contributed by atoms with van der Waals surface area (Å²) in [4.78, 5) is 0. The van der Waals surface area contributed by atoms with Crippen molar-refractivity contribution in [1.29, 1.82) is 0 Å². The Hall–Kier alpha value is 1.18. The summed E-state index contributed by atoms with van der Waals surface area (Å²) in [6, 6.07) is 0. The minimum atomic E-state index is -1.12. The lowest BCUT2D eigenvalue weighted by Crippen LogP contribution is -2.43. The minimum Gasteiger partial charge on any atom is -0.265 e. The van der Waals surface area contributed by atoms with Crippen molar-refractivity contribution in [2.75, 3.05) is 0 Å². The predicted molar refractivity (Wildman–Crippen MR) is 71.7 cm³/mol. The molecule has 1 aliphatic rings. The molecule has 0 spiro atoms. The molecule has 1 aliphatic carbocycles. The van der Waals surface area contributed by atoms with Crippen molar-refractivity contribution >= 4 is 69.9 Å². The first-order chi connectivity index (χ1) is 7.42. The normalized spacial score (nSPS) is 31.3. The fourth-order valence-electron chi connectivity index (χ4n) is 1.53. The zero-order chi connectivity index (χ0) is 12.5. The Morgan fingerprint density at radius 3 is 2.19 bits per heavy atom. The third-order valence-electron chi connectivity index (χ3n) is 2.36. The van der Waals surface area contributed by atoms with Crippen LogP contribution in [-0.2, 0) is 4.29 Å². The van der Waals surface area contributed by atoms with E-state index >= 15 is 0 Å². The Bertz CT molecular complexity index is 350. The van der Waals surface area contributed by atoms with Crippen LogP contribution in [0.1, 0.15) is 19.8 Å². The third-order valence-corrected chi connectivity index (χ3v) is 5.29. The van der Waals surface area contributed by atoms with E-state index < -0.39 is 11.0 Å². The van der Waals surface area contributed by atoms with Crippen LogP contribution in [0, 0.1) is 0 Å². The van der Waals surface area contributed by atoms with Crippen LogP contribution in [0.5, 0.6) is 0 Å². The van der Waals surface area contributed by atoms with Crippen molar-refractivity contribution in [3.05, 3.63) is 20.1 Å². The van der Waals surface area contributed by atoms with E-state index in [2.05, 4.69) is 0 Å². The van der Waals surface area contributed by atoms with Gasteiger partial charge in [0.25, 0.3) is 0 Å². The van der Waals surface area contributed by atoms with Crippen LogP contribution < -0.4 is 0 Å². The van der Waals surface area contributed by atoms with Crippen LogP contribution in [0.4, 0.5) is 0 Å². The summed E-state index contributed by atoms with van der Waals surface area (Å²) in [5.41, 5.74) is -1.12. The van der Waals surface area contributed by atoms with Gasteiger partial charge in [-0.15, -0.1) is 11.6 Å². The molecule has 0 N–H and O–H groups in total. The van der Waals surface area contributed by atoms with Gasteiger partial charge < -0.3 is 0 Å². The quantitative estimate of drug-likeness (QED) is 0.597. The van der Waals surface area contributed by atoms with Crippen molar-refractivity contribution in [1.82, 2.24) is 0 Å². The van der Waals surface area contributed by atoms with Crippen LogP contribution in [0.3, 0.4) is 0 Å². The molecule has 0 aromatic carbocycles. The molecular weight excluding hydrogens is 337 g/mol. The Morgan fingerprint density at radius 2 is 1.75 bits per heavy atom. The van der Waals surface area contributed by atoms with E-state index in [9.17, 15) is 0 Å². The fraction of sp³-hybridized carbons (Fsp3) is 0.556. The molecule has 0 saturated heterocycles. The van der Waals surface area contributed by atoms with Crippen LogP contribution in [0.15, 0.2) is 20.1 Å². The minimum absolute atomic E-state index is 0.124. The molecule has 92 valence electrons. The standard InChI is InChI=1S/C9H8Cl6O/c1-2-3-9(16-15)7(13)5(11)4(10)6(12)8(9)14/h7H,2-3H2,1H3. The Balaban J connectivity index is 3.33. The molecule has 0 saturated carbocycles. The zero-order valence-electron chi connectivity index (χ0n) is 8.17. The summed E-state index contributed by atoms with van der Waals surface area (Å²) < 4.78 is 4.92. The maximum atomic E-state index is 6.16. The van der Waals surface area contributed by atoms with E-state index in [1.807, 2.05) is 6.92 Å². The molecule has 0 bridgehead atoms. The molecule has 0 aromatic heterocycles. The van der Waals surface area contributed by atoms with Gasteiger partial charge >= 0.3 is 0 Å². The van der Waals surface area contributed by atoms with Gasteiger partial charge in [-0.3, -0.25) is 4.29 Å². The van der Waals surface area contributed by atoms with E-state index in [1.165, 1.54) is 0 Å². The highest BCUT2D eigenvalue weighted by Crippen LogP contribution is 2.50. The largest absolute Gasteiger partial charge is 0.265 e. The van der Waals surface area contributed by atoms with Crippen molar-refractivity contribution < 1.29 is 4.29 Å². The summed E-state index contributed by atoms with van der Waals surface area (Å²) >= 11 is 35.6. The Labute approximate surface area is 124 Å². The molecular formula is C9H8Cl6O. The van der Waals surface area contributed by atoms with Gasteiger partial charge in [-0.05, 0) is 6.42 Å². The second-order valence-corrected chi connectivity index (χ2v) is 5.50. The van der Waals surface area contributed by atoms with Gasteiger partial charge in [-0.1, -0.05) is 59.7 Å². The second kappa shape index (κ2) is 5.88. The van der Waals surface area contributed by atoms with Crippen molar-refractivity contribution in [2.45, 2.75) is 30.7 Å². The molecule has 0 aromatic rings. The number of halogens is 6. The number of hydrogen-bond acceptors (Lipinski definition) is 1. The lowest BCUT2D eigenvalue weighted by atomic mass is 9.89. The highest BCUT2D eigenvalue weighted by Gasteiger charge is 2.49. The smallest absolute Gasteiger partial charge is 0.148 e. The SMILES string of the molecule is CCCC1(OCl)C(Cl)=C(Cl)C(Cl)=C(Cl)C1Cl. The number of allylic oxidation sites excluding steroid dienone is 2. The summed E-state index contributed by atoms with van der Waals surface area (Å²) in [6.45, 7) is 1.94. The molecule has 2 atom stereocenters. The molecule has 0 heterocycles. The molecule has 0 aliphatic heterocycles. The van der Waals surface area contributed by atoms with E-state index in [1.54, 1.807) is 0 Å². The van der Waals surface area contributed by atoms with Crippen LogP contribution in [0.25, 0.3) is 0 Å². The first kappa shape index (κ1) is 15.2. The van der Waals surface area contributed by atoms with Crippen molar-refractivity contribution in [3.63, 3.8) is 0 Å². The van der Waals surface area contributed by atoms with E-state index in [4.69, 9.17) is 74.2 Å². The summed E-state index contributed by atoms with van der Waals surface area (Å²) in [6.07, 6.45) is 1.23. The summed E-state index contributed by atoms with van der Waals surface area (Å²) in [5.74, 6) is 0. The van der Waals surface area contributed by atoms with Gasteiger partial charge in [0.2, 0.25) is 0 Å². The van der Waals surface area contributed by atoms with Gasteiger partial charge in [-0.2, -0.15) is 0 Å². The molecule has 0 fully saturated rings. The third kappa shape index (κ3) is 2.33. The van der Waals surface area contributed by atoms with Crippen LogP contribution >= 0.6 is 69.9 Å². The first-order valence-corrected chi connectivity index (χ1v) is 6.73. The fourth-order valence-corrected chi connectivity index (χ4v) is 3.52. The second-order valence-electron chi connectivity index (χ2n) is 3.37. The van der Waals surface area contributed by atoms with E-state index in [-0.39, 0.29) is 20.1 Å². The number of rotatable bonds is 3. The lowest BCUT2D eigenvalue weighted by molar-refractivity contribution is 0.122. The topological polar surface area (TPSA) is 9.23 Å². The van der Waals surface area contributed by atoms with Crippen LogP contribution in [-0.4, -0.2) is 11.0 Å². The first-order valence-electron chi connectivity index (χ1n) is 4.47. The van der Waals surface area contributed by atoms with Gasteiger partial charge in [0.1, 0.15) is 11.0 Å². The van der Waals surface area contributed by atoms with Gasteiger partial charge in [0.05, 0.1) is 32.0 Å². The molecule has 1 rings (SSSR count). The monoisotopic (exact) mass is 342 g/mol. The zero-order valence-corrected chi connectivity index (χ0v) is 12.7. The average molecular weight is 345 g/mol. The van der Waals surface area contributed by atoms with Crippen molar-refractivity contribution in [3.8, 4) is 0 Å². The number of hydrogen-bond donors (Lipinski definition) is 0. The Kier molecular flexibility index (Phi) is 5.60. The highest BCUT2D eigenvalue weighted by atomic mass is 35.5. The maximum absolute atomic E-state index is 6.16. The van der Waals surface area contributed by atoms with Crippen molar-refractivity contribution in [2.24, 2.45) is 0 Å². The van der Waals surface area contributed by atoms with Gasteiger partial charge in [0, 0.05) is 0 Å². The molecule has 1 nitrogen and oxygen atoms in total. The molecule has 2 unspecified atom stereocenters. The van der Waals surface area contributed by atoms with E-state index in [0.29, 0.717) is 6.42 Å². The lowest BCUT2D eigenvalue weighted by Gasteiger charge is -2.37. The molecule has 0 radical (unpaired) electrons. The van der Waals surface area contributed by atoms with Crippen LogP contribution in [0.2, 0.25) is 0 Å². The molecule has 0 amide bonds. The number of alkyl halides is 1. The maximum Gasteiger partial charge on any atom is 0.148 e.